The summed E-state index contributed by atoms with van der Waals surface area (Å²) in [6.45, 7) is 9.55. The molecule has 1 aromatic rings. The van der Waals surface area contributed by atoms with Gasteiger partial charge < -0.3 is 28.1 Å². The van der Waals surface area contributed by atoms with E-state index in [0.717, 1.165) is 12.8 Å². The number of unbranched alkanes of at least 4 members (excludes halogenated alkanes) is 1. The average molecular weight is 487 g/mol. The SMILES string of the molecule is CCCCOc1cc([N+](=O)[O-])c(CNC(=O)CCC[Si](OCC)(OCC)OCC)cc1OC. The zero-order chi connectivity index (χ0) is 24.7. The topological polar surface area (TPSA) is 118 Å². The molecule has 0 aliphatic carbocycles. The van der Waals surface area contributed by atoms with Gasteiger partial charge >= 0.3 is 8.80 Å². The number of methoxy groups -OCH3 is 1. The second-order valence-electron chi connectivity index (χ2n) is 7.20. The number of rotatable bonds is 18. The number of amides is 1. The van der Waals surface area contributed by atoms with Crippen molar-refractivity contribution in [3.63, 3.8) is 0 Å². The molecule has 1 amide bonds. The lowest BCUT2D eigenvalue weighted by molar-refractivity contribution is -0.385. The minimum Gasteiger partial charge on any atom is -0.493 e. The Hall–Kier alpha value is -2.21. The highest BCUT2D eigenvalue weighted by molar-refractivity contribution is 6.60. The van der Waals surface area contributed by atoms with Gasteiger partial charge in [-0.2, -0.15) is 0 Å². The summed E-state index contributed by atoms with van der Waals surface area (Å²) in [6.07, 6.45) is 2.52. The zero-order valence-corrected chi connectivity index (χ0v) is 21.4. The van der Waals surface area contributed by atoms with Crippen molar-refractivity contribution in [1.82, 2.24) is 5.32 Å². The molecule has 0 aliphatic rings. The fourth-order valence-corrected chi connectivity index (χ4v) is 5.86. The number of ether oxygens (including phenoxy) is 2. The lowest BCUT2D eigenvalue weighted by atomic mass is 10.1. The Morgan fingerprint density at radius 2 is 1.67 bits per heavy atom. The minimum atomic E-state index is -2.81. The maximum Gasteiger partial charge on any atom is 0.500 e. The third-order valence-corrected chi connectivity index (χ3v) is 7.92. The first-order valence-corrected chi connectivity index (χ1v) is 13.5. The Morgan fingerprint density at radius 3 is 2.18 bits per heavy atom. The lowest BCUT2D eigenvalue weighted by Crippen LogP contribution is -2.46. The van der Waals surface area contributed by atoms with Crippen LogP contribution in [0.1, 0.15) is 58.9 Å². The minimum absolute atomic E-state index is 0.00565. The fourth-order valence-electron chi connectivity index (χ4n) is 3.25. The molecule has 1 N–H and O–H groups in total. The Balaban J connectivity index is 2.78. The molecule has 0 atom stereocenters. The van der Waals surface area contributed by atoms with Crippen molar-refractivity contribution in [3.05, 3.63) is 27.8 Å². The normalized spacial score (nSPS) is 11.3. The molecule has 0 fully saturated rings. The number of benzene rings is 1. The Labute approximate surface area is 197 Å². The van der Waals surface area contributed by atoms with Crippen molar-refractivity contribution in [2.24, 2.45) is 0 Å². The van der Waals surface area contributed by atoms with E-state index in [1.165, 1.54) is 19.2 Å². The van der Waals surface area contributed by atoms with Crippen LogP contribution in [0, 0.1) is 10.1 Å². The van der Waals surface area contributed by atoms with Gasteiger partial charge in [-0.1, -0.05) is 13.3 Å². The summed E-state index contributed by atoms with van der Waals surface area (Å²) in [5.41, 5.74) is 0.216. The maximum absolute atomic E-state index is 12.4. The number of hydrogen-bond donors (Lipinski definition) is 1. The summed E-state index contributed by atoms with van der Waals surface area (Å²) < 4.78 is 28.4. The summed E-state index contributed by atoms with van der Waals surface area (Å²) >= 11 is 0. The van der Waals surface area contributed by atoms with Crippen molar-refractivity contribution < 1.29 is 32.5 Å². The highest BCUT2D eigenvalue weighted by atomic mass is 28.4. The van der Waals surface area contributed by atoms with Crippen LogP contribution in [0.15, 0.2) is 12.1 Å². The molecule has 1 aromatic carbocycles. The molecular formula is C22H38N2O8Si. The number of carbonyl (C=O) groups is 1. The molecule has 0 saturated carbocycles. The van der Waals surface area contributed by atoms with Crippen LogP contribution in [0.3, 0.4) is 0 Å². The van der Waals surface area contributed by atoms with E-state index < -0.39 is 13.7 Å². The molecule has 0 bridgehead atoms. The van der Waals surface area contributed by atoms with E-state index in [1.807, 2.05) is 27.7 Å². The first kappa shape index (κ1) is 28.8. The summed E-state index contributed by atoms with van der Waals surface area (Å²) in [7, 11) is -1.33. The molecule has 0 saturated heterocycles. The molecule has 0 aromatic heterocycles. The first-order valence-electron chi connectivity index (χ1n) is 11.5. The van der Waals surface area contributed by atoms with Gasteiger partial charge in [-0.25, -0.2) is 0 Å². The monoisotopic (exact) mass is 486 g/mol. The predicted molar refractivity (Wildman–Crippen MR) is 127 cm³/mol. The van der Waals surface area contributed by atoms with Gasteiger partial charge in [-0.3, -0.25) is 14.9 Å². The van der Waals surface area contributed by atoms with Gasteiger partial charge in [0, 0.05) is 38.8 Å². The van der Waals surface area contributed by atoms with Crippen LogP contribution in [0.4, 0.5) is 5.69 Å². The van der Waals surface area contributed by atoms with E-state index in [2.05, 4.69) is 5.32 Å². The fraction of sp³-hybridized carbons (Fsp3) is 0.682. The third-order valence-electron chi connectivity index (χ3n) is 4.77. The van der Waals surface area contributed by atoms with Gasteiger partial charge in [-0.15, -0.1) is 0 Å². The van der Waals surface area contributed by atoms with Crippen molar-refractivity contribution in [1.29, 1.82) is 0 Å². The highest BCUT2D eigenvalue weighted by Crippen LogP contribution is 2.35. The van der Waals surface area contributed by atoms with Crippen molar-refractivity contribution in [2.45, 2.75) is 66.0 Å². The van der Waals surface area contributed by atoms with Gasteiger partial charge in [-0.05, 0) is 39.7 Å². The molecule has 0 spiro atoms. The van der Waals surface area contributed by atoms with Gasteiger partial charge in [0.1, 0.15) is 0 Å². The molecule has 0 unspecified atom stereocenters. The van der Waals surface area contributed by atoms with Crippen LogP contribution in [0.5, 0.6) is 11.5 Å². The van der Waals surface area contributed by atoms with Crippen LogP contribution < -0.4 is 14.8 Å². The Kier molecular flexibility index (Phi) is 13.6. The smallest absolute Gasteiger partial charge is 0.493 e. The van der Waals surface area contributed by atoms with Crippen molar-refractivity contribution in [3.8, 4) is 11.5 Å². The van der Waals surface area contributed by atoms with Crippen molar-refractivity contribution >= 4 is 20.4 Å². The molecule has 0 aliphatic heterocycles. The summed E-state index contributed by atoms with van der Waals surface area (Å²) in [5.74, 6) is 0.484. The van der Waals surface area contributed by atoms with E-state index in [0.29, 0.717) is 56.0 Å². The first-order chi connectivity index (χ1) is 15.9. The molecule has 11 heteroatoms. The van der Waals surface area contributed by atoms with E-state index >= 15 is 0 Å². The van der Waals surface area contributed by atoms with Crippen LogP contribution in [-0.4, -0.2) is 53.2 Å². The Bertz CT molecular complexity index is 730. The number of nitro groups is 1. The largest absolute Gasteiger partial charge is 0.500 e. The zero-order valence-electron chi connectivity index (χ0n) is 20.4. The third kappa shape index (κ3) is 9.66. The molecule has 33 heavy (non-hydrogen) atoms. The average Bonchev–Trinajstić information content (AvgIpc) is 2.78. The van der Waals surface area contributed by atoms with Crippen LogP contribution in [0.25, 0.3) is 0 Å². The highest BCUT2D eigenvalue weighted by Gasteiger charge is 2.39. The number of nitrogens with zero attached hydrogens (tertiary/aromatic N) is 1. The molecule has 188 valence electrons. The Morgan fingerprint density at radius 1 is 1.03 bits per heavy atom. The second-order valence-corrected chi connectivity index (χ2v) is 9.94. The van der Waals surface area contributed by atoms with E-state index in [4.69, 9.17) is 22.8 Å². The quantitative estimate of drug-likeness (QED) is 0.142. The lowest BCUT2D eigenvalue weighted by Gasteiger charge is -2.28. The molecule has 0 heterocycles. The number of nitro benzene ring substituents is 1. The van der Waals surface area contributed by atoms with Gasteiger partial charge in [0.25, 0.3) is 5.69 Å². The van der Waals surface area contributed by atoms with E-state index in [9.17, 15) is 14.9 Å². The standard InChI is InChI=1S/C22H38N2O8Si/c1-6-10-13-29-21-16-19(24(26)27)18(15-20(21)28-5)17-23-22(25)12-11-14-33(30-7-2,31-8-3)32-9-4/h15-16H,6-14,17H2,1-5H3,(H,23,25). The maximum atomic E-state index is 12.4. The molecule has 1 rings (SSSR count). The second kappa shape index (κ2) is 15.6. The summed E-state index contributed by atoms with van der Waals surface area (Å²) in [5, 5.41) is 14.3. The van der Waals surface area contributed by atoms with Gasteiger partial charge in [0.15, 0.2) is 11.5 Å². The van der Waals surface area contributed by atoms with Gasteiger partial charge in [0.2, 0.25) is 5.91 Å². The van der Waals surface area contributed by atoms with Crippen molar-refractivity contribution in [2.75, 3.05) is 33.5 Å². The summed E-state index contributed by atoms with van der Waals surface area (Å²) in [4.78, 5) is 23.5. The molecule has 0 radical (unpaired) electrons. The van der Waals surface area contributed by atoms with Gasteiger partial charge in [0.05, 0.1) is 30.3 Å². The van der Waals surface area contributed by atoms with Crippen LogP contribution in [0.2, 0.25) is 6.04 Å². The van der Waals surface area contributed by atoms with Crippen LogP contribution in [-0.2, 0) is 24.6 Å². The number of hydrogen-bond acceptors (Lipinski definition) is 8. The molecule has 10 nitrogen and oxygen atoms in total. The number of nitrogens with one attached hydrogen (secondary N) is 1. The summed E-state index contributed by atoms with van der Waals surface area (Å²) in [6, 6.07) is 3.41. The number of carbonyl (C=O) groups excluding carboxylic acids is 1. The predicted octanol–water partition coefficient (Wildman–Crippen LogP) is 4.23. The van der Waals surface area contributed by atoms with E-state index in [1.54, 1.807) is 0 Å². The van der Waals surface area contributed by atoms with E-state index in [-0.39, 0.29) is 24.6 Å². The molecular weight excluding hydrogens is 448 g/mol. The van der Waals surface area contributed by atoms with Crippen LogP contribution >= 0.6 is 0 Å².